The molecule has 17 heavy (non-hydrogen) atoms. The van der Waals surface area contributed by atoms with E-state index in [1.165, 1.54) is 0 Å². The minimum atomic E-state index is -0.00824. The Kier molecular flexibility index (Phi) is 4.94. The van der Waals surface area contributed by atoms with E-state index in [1.807, 2.05) is 19.9 Å². The predicted octanol–water partition coefficient (Wildman–Crippen LogP) is 2.38. The van der Waals surface area contributed by atoms with E-state index < -0.39 is 0 Å². The second-order valence-electron chi connectivity index (χ2n) is 4.21. The number of nitrogens with one attached hydrogen (secondary N) is 1. The molecule has 4 heteroatoms. The first kappa shape index (κ1) is 13.5. The quantitative estimate of drug-likeness (QED) is 0.852. The molecule has 0 radical (unpaired) electrons. The van der Waals surface area contributed by atoms with Crippen molar-refractivity contribution in [3.8, 4) is 0 Å². The smallest absolute Gasteiger partial charge is 0.272 e. The third-order valence-electron chi connectivity index (χ3n) is 2.49. The second kappa shape index (κ2) is 6.23. The Balaban J connectivity index is 2.76. The monoisotopic (exact) mass is 235 g/mol. The van der Waals surface area contributed by atoms with E-state index in [0.29, 0.717) is 24.8 Å². The SMILES string of the molecule is CCN(CC)C(=O)c1ccc(NC(C)C)cn1. The van der Waals surface area contributed by atoms with Crippen molar-refractivity contribution >= 4 is 11.6 Å². The van der Waals surface area contributed by atoms with Crippen LogP contribution in [-0.4, -0.2) is 34.9 Å². The number of amides is 1. The fourth-order valence-electron chi connectivity index (χ4n) is 1.61. The molecule has 1 N–H and O–H groups in total. The average Bonchev–Trinajstić information content (AvgIpc) is 2.30. The van der Waals surface area contributed by atoms with Crippen LogP contribution in [0.25, 0.3) is 0 Å². The zero-order valence-electron chi connectivity index (χ0n) is 11.0. The molecule has 0 bridgehead atoms. The first-order chi connectivity index (χ1) is 8.08. The average molecular weight is 235 g/mol. The molecule has 1 rings (SSSR count). The molecule has 1 aromatic rings. The molecule has 1 aromatic heterocycles. The lowest BCUT2D eigenvalue weighted by molar-refractivity contribution is 0.0767. The summed E-state index contributed by atoms with van der Waals surface area (Å²) in [6.45, 7) is 9.49. The molecule has 0 saturated heterocycles. The summed E-state index contributed by atoms with van der Waals surface area (Å²) in [5.74, 6) is -0.00824. The van der Waals surface area contributed by atoms with Crippen molar-refractivity contribution < 1.29 is 4.79 Å². The molecule has 0 aliphatic carbocycles. The van der Waals surface area contributed by atoms with Gasteiger partial charge >= 0.3 is 0 Å². The zero-order chi connectivity index (χ0) is 12.8. The Hall–Kier alpha value is -1.58. The van der Waals surface area contributed by atoms with Gasteiger partial charge in [-0.2, -0.15) is 0 Å². The molecule has 0 aliphatic rings. The van der Waals surface area contributed by atoms with E-state index >= 15 is 0 Å². The van der Waals surface area contributed by atoms with Crippen LogP contribution in [0.1, 0.15) is 38.2 Å². The number of carbonyl (C=O) groups is 1. The number of carbonyl (C=O) groups excluding carboxylic acids is 1. The first-order valence-corrected chi connectivity index (χ1v) is 6.10. The molecule has 0 atom stereocenters. The van der Waals surface area contributed by atoms with Gasteiger partial charge in [-0.05, 0) is 39.8 Å². The van der Waals surface area contributed by atoms with Crippen LogP contribution in [0, 0.1) is 0 Å². The van der Waals surface area contributed by atoms with Gasteiger partial charge in [0.1, 0.15) is 5.69 Å². The topological polar surface area (TPSA) is 45.2 Å². The van der Waals surface area contributed by atoms with Crippen LogP contribution in [0.15, 0.2) is 18.3 Å². The lowest BCUT2D eigenvalue weighted by Gasteiger charge is -2.18. The molecular formula is C13H21N3O. The lowest BCUT2D eigenvalue weighted by Crippen LogP contribution is -2.31. The van der Waals surface area contributed by atoms with Crippen LogP contribution >= 0.6 is 0 Å². The van der Waals surface area contributed by atoms with Crippen molar-refractivity contribution in [1.29, 1.82) is 0 Å². The van der Waals surface area contributed by atoms with Gasteiger partial charge in [0.05, 0.1) is 11.9 Å². The Morgan fingerprint density at radius 1 is 1.35 bits per heavy atom. The van der Waals surface area contributed by atoms with Crippen LogP contribution in [0.5, 0.6) is 0 Å². The molecular weight excluding hydrogens is 214 g/mol. The number of rotatable bonds is 5. The second-order valence-corrected chi connectivity index (χ2v) is 4.21. The van der Waals surface area contributed by atoms with Crippen LogP contribution in [0.2, 0.25) is 0 Å². The highest BCUT2D eigenvalue weighted by Gasteiger charge is 2.13. The summed E-state index contributed by atoms with van der Waals surface area (Å²) in [7, 11) is 0. The molecule has 0 unspecified atom stereocenters. The standard InChI is InChI=1S/C13H21N3O/c1-5-16(6-2)13(17)12-8-7-11(9-14-12)15-10(3)4/h7-10,15H,5-6H2,1-4H3. The van der Waals surface area contributed by atoms with E-state index in [1.54, 1.807) is 17.2 Å². The number of pyridine rings is 1. The molecule has 0 aromatic carbocycles. The van der Waals surface area contributed by atoms with Crippen molar-refractivity contribution in [3.63, 3.8) is 0 Å². The van der Waals surface area contributed by atoms with Crippen molar-refractivity contribution in [2.75, 3.05) is 18.4 Å². The molecule has 0 saturated carbocycles. The summed E-state index contributed by atoms with van der Waals surface area (Å²) in [4.78, 5) is 17.9. The van der Waals surface area contributed by atoms with E-state index in [-0.39, 0.29) is 5.91 Å². The molecule has 1 heterocycles. The number of aromatic nitrogens is 1. The van der Waals surface area contributed by atoms with Crippen molar-refractivity contribution in [2.45, 2.75) is 33.7 Å². The minimum absolute atomic E-state index is 0.00824. The summed E-state index contributed by atoms with van der Waals surface area (Å²) in [5, 5.41) is 3.24. The fourth-order valence-corrected chi connectivity index (χ4v) is 1.61. The third-order valence-corrected chi connectivity index (χ3v) is 2.49. The fraction of sp³-hybridized carbons (Fsp3) is 0.538. The maximum Gasteiger partial charge on any atom is 0.272 e. The van der Waals surface area contributed by atoms with Crippen molar-refractivity contribution in [1.82, 2.24) is 9.88 Å². The molecule has 1 amide bonds. The number of hydrogen-bond donors (Lipinski definition) is 1. The highest BCUT2D eigenvalue weighted by Crippen LogP contribution is 2.09. The predicted molar refractivity (Wildman–Crippen MR) is 70.2 cm³/mol. The van der Waals surface area contributed by atoms with Crippen LogP contribution in [-0.2, 0) is 0 Å². The highest BCUT2D eigenvalue weighted by molar-refractivity contribution is 5.92. The maximum atomic E-state index is 12.0. The summed E-state index contributed by atoms with van der Waals surface area (Å²) >= 11 is 0. The van der Waals surface area contributed by atoms with E-state index in [4.69, 9.17) is 0 Å². The number of hydrogen-bond acceptors (Lipinski definition) is 3. The maximum absolute atomic E-state index is 12.0. The van der Waals surface area contributed by atoms with Crippen LogP contribution in [0.4, 0.5) is 5.69 Å². The van der Waals surface area contributed by atoms with Gasteiger partial charge in [-0.25, -0.2) is 4.98 Å². The van der Waals surface area contributed by atoms with Crippen molar-refractivity contribution in [2.24, 2.45) is 0 Å². The largest absolute Gasteiger partial charge is 0.382 e. The number of nitrogens with zero attached hydrogens (tertiary/aromatic N) is 2. The van der Waals surface area contributed by atoms with Crippen LogP contribution < -0.4 is 5.32 Å². The Labute approximate surface area is 103 Å². The van der Waals surface area contributed by atoms with E-state index in [2.05, 4.69) is 24.1 Å². The zero-order valence-corrected chi connectivity index (χ0v) is 11.0. The normalized spacial score (nSPS) is 10.4. The Bertz CT molecular complexity index is 355. The van der Waals surface area contributed by atoms with Gasteiger partial charge in [0.2, 0.25) is 0 Å². The summed E-state index contributed by atoms with van der Waals surface area (Å²) in [6, 6.07) is 4.02. The van der Waals surface area contributed by atoms with Gasteiger partial charge in [-0.15, -0.1) is 0 Å². The van der Waals surface area contributed by atoms with Crippen LogP contribution in [0.3, 0.4) is 0 Å². The summed E-state index contributed by atoms with van der Waals surface area (Å²) < 4.78 is 0. The third kappa shape index (κ3) is 3.73. The summed E-state index contributed by atoms with van der Waals surface area (Å²) in [5.41, 5.74) is 1.44. The molecule has 0 aliphatic heterocycles. The van der Waals surface area contributed by atoms with Gasteiger partial charge in [-0.3, -0.25) is 4.79 Å². The van der Waals surface area contributed by atoms with E-state index in [9.17, 15) is 4.79 Å². The Morgan fingerprint density at radius 3 is 2.41 bits per heavy atom. The van der Waals surface area contributed by atoms with Gasteiger partial charge in [-0.1, -0.05) is 0 Å². The molecule has 94 valence electrons. The first-order valence-electron chi connectivity index (χ1n) is 6.10. The Morgan fingerprint density at radius 2 is 2.00 bits per heavy atom. The highest BCUT2D eigenvalue weighted by atomic mass is 16.2. The summed E-state index contributed by atoms with van der Waals surface area (Å²) in [6.07, 6.45) is 1.71. The van der Waals surface area contributed by atoms with Gasteiger partial charge in [0, 0.05) is 19.1 Å². The minimum Gasteiger partial charge on any atom is -0.382 e. The molecule has 0 fully saturated rings. The van der Waals surface area contributed by atoms with Gasteiger partial charge in [0.25, 0.3) is 5.91 Å². The van der Waals surface area contributed by atoms with Crippen molar-refractivity contribution in [3.05, 3.63) is 24.0 Å². The molecule has 0 spiro atoms. The lowest BCUT2D eigenvalue weighted by atomic mass is 10.2. The molecule has 4 nitrogen and oxygen atoms in total. The van der Waals surface area contributed by atoms with E-state index in [0.717, 1.165) is 5.69 Å². The van der Waals surface area contributed by atoms with Gasteiger partial charge < -0.3 is 10.2 Å². The van der Waals surface area contributed by atoms with Gasteiger partial charge in [0.15, 0.2) is 0 Å². The number of anilines is 1.